The smallest absolute Gasteiger partial charge is 0.195 e. The summed E-state index contributed by atoms with van der Waals surface area (Å²) in [6.45, 7) is 1.23. The highest BCUT2D eigenvalue weighted by atomic mass is 32.1. The van der Waals surface area contributed by atoms with E-state index in [-0.39, 0.29) is 0 Å². The molecule has 0 aliphatic heterocycles. The molecule has 0 saturated heterocycles. The molecule has 0 saturated carbocycles. The van der Waals surface area contributed by atoms with Crippen molar-refractivity contribution in [2.75, 3.05) is 0 Å². The van der Waals surface area contributed by atoms with Gasteiger partial charge in [0.05, 0.1) is 6.54 Å². The first-order chi connectivity index (χ1) is 13.3. The molecule has 0 amide bonds. The molecule has 0 radical (unpaired) electrons. The molecule has 4 aromatic rings. The Bertz CT molecular complexity index is 1050. The number of ether oxygens (including phenoxy) is 1. The summed E-state index contributed by atoms with van der Waals surface area (Å²) in [6, 6.07) is 28.3. The van der Waals surface area contributed by atoms with Gasteiger partial charge < -0.3 is 4.74 Å². The standard InChI is InChI=1S/C22H19N3OS/c27-22-24-23-21(25(22)15-17-7-3-1-4-8-17)19-11-13-20(14-12-19)26-16-18-9-5-2-6-10-18/h1-14H,15-16H2,(H,24,27). The molecule has 3 aromatic carbocycles. The van der Waals surface area contributed by atoms with E-state index in [0.29, 0.717) is 17.9 Å². The van der Waals surface area contributed by atoms with Crippen LogP contribution in [0.3, 0.4) is 0 Å². The van der Waals surface area contributed by atoms with Crippen molar-refractivity contribution in [3.63, 3.8) is 0 Å². The van der Waals surface area contributed by atoms with Crippen LogP contribution in [-0.4, -0.2) is 14.8 Å². The Kier molecular flexibility index (Phi) is 5.12. The summed E-state index contributed by atoms with van der Waals surface area (Å²) in [6.07, 6.45) is 0. The van der Waals surface area contributed by atoms with Gasteiger partial charge in [-0.05, 0) is 47.6 Å². The van der Waals surface area contributed by atoms with E-state index in [1.165, 1.54) is 5.56 Å². The quantitative estimate of drug-likeness (QED) is 0.470. The SMILES string of the molecule is S=c1[nH]nc(-c2ccc(OCc3ccccc3)cc2)n1Cc1ccccc1. The van der Waals surface area contributed by atoms with Crippen molar-refractivity contribution in [2.45, 2.75) is 13.2 Å². The average molecular weight is 373 g/mol. The van der Waals surface area contributed by atoms with Crippen molar-refractivity contribution < 1.29 is 4.74 Å². The van der Waals surface area contributed by atoms with Crippen LogP contribution in [0.15, 0.2) is 84.9 Å². The lowest BCUT2D eigenvalue weighted by Crippen LogP contribution is -2.02. The lowest BCUT2D eigenvalue weighted by molar-refractivity contribution is 0.306. The second-order valence-electron chi connectivity index (χ2n) is 6.22. The number of nitrogens with one attached hydrogen (secondary N) is 1. The second-order valence-corrected chi connectivity index (χ2v) is 6.61. The van der Waals surface area contributed by atoms with Crippen LogP contribution in [0.25, 0.3) is 11.4 Å². The van der Waals surface area contributed by atoms with Gasteiger partial charge in [-0.1, -0.05) is 60.7 Å². The molecule has 4 nitrogen and oxygen atoms in total. The highest BCUT2D eigenvalue weighted by Crippen LogP contribution is 2.22. The Morgan fingerprint density at radius 1 is 0.815 bits per heavy atom. The Labute approximate surface area is 163 Å². The normalized spacial score (nSPS) is 10.7. The molecule has 27 heavy (non-hydrogen) atoms. The van der Waals surface area contributed by atoms with E-state index in [0.717, 1.165) is 22.7 Å². The number of aromatic amines is 1. The van der Waals surface area contributed by atoms with Crippen molar-refractivity contribution in [3.05, 3.63) is 101 Å². The number of aromatic nitrogens is 3. The average Bonchev–Trinajstić information content (AvgIpc) is 3.09. The molecule has 0 atom stereocenters. The molecular formula is C22H19N3OS. The fourth-order valence-electron chi connectivity index (χ4n) is 2.89. The van der Waals surface area contributed by atoms with Crippen LogP contribution in [-0.2, 0) is 13.2 Å². The lowest BCUT2D eigenvalue weighted by Gasteiger charge is -2.09. The maximum absolute atomic E-state index is 5.86. The van der Waals surface area contributed by atoms with E-state index in [2.05, 4.69) is 34.5 Å². The minimum Gasteiger partial charge on any atom is -0.489 e. The van der Waals surface area contributed by atoms with E-state index >= 15 is 0 Å². The van der Waals surface area contributed by atoms with Crippen LogP contribution in [0.2, 0.25) is 0 Å². The van der Waals surface area contributed by atoms with Crippen molar-refractivity contribution >= 4 is 12.2 Å². The molecule has 1 N–H and O–H groups in total. The number of hydrogen-bond donors (Lipinski definition) is 1. The molecule has 0 aliphatic carbocycles. The second kappa shape index (κ2) is 8.01. The third kappa shape index (κ3) is 4.15. The third-order valence-corrected chi connectivity index (χ3v) is 4.61. The predicted molar refractivity (Wildman–Crippen MR) is 109 cm³/mol. The zero-order valence-electron chi connectivity index (χ0n) is 14.7. The van der Waals surface area contributed by atoms with Crippen LogP contribution >= 0.6 is 12.2 Å². The molecule has 0 spiro atoms. The van der Waals surface area contributed by atoms with E-state index in [1.807, 2.05) is 65.2 Å². The van der Waals surface area contributed by atoms with E-state index in [1.54, 1.807) is 0 Å². The van der Waals surface area contributed by atoms with Gasteiger partial charge in [0.1, 0.15) is 12.4 Å². The number of H-pyrrole nitrogens is 1. The highest BCUT2D eigenvalue weighted by molar-refractivity contribution is 7.71. The summed E-state index contributed by atoms with van der Waals surface area (Å²) in [5.41, 5.74) is 3.31. The van der Waals surface area contributed by atoms with Crippen molar-refractivity contribution in [1.82, 2.24) is 14.8 Å². The maximum atomic E-state index is 5.86. The number of benzene rings is 3. The summed E-state index contributed by atoms with van der Waals surface area (Å²) < 4.78 is 8.47. The van der Waals surface area contributed by atoms with Crippen LogP contribution in [0.5, 0.6) is 5.75 Å². The van der Waals surface area contributed by atoms with Crippen molar-refractivity contribution in [1.29, 1.82) is 0 Å². The van der Waals surface area contributed by atoms with E-state index in [4.69, 9.17) is 17.0 Å². The van der Waals surface area contributed by atoms with Gasteiger partial charge in [-0.3, -0.25) is 9.67 Å². The molecule has 0 unspecified atom stereocenters. The molecular weight excluding hydrogens is 354 g/mol. The highest BCUT2D eigenvalue weighted by Gasteiger charge is 2.09. The predicted octanol–water partition coefficient (Wildman–Crippen LogP) is 5.23. The third-order valence-electron chi connectivity index (χ3n) is 4.30. The van der Waals surface area contributed by atoms with Crippen LogP contribution in [0, 0.1) is 4.77 Å². The number of nitrogens with zero attached hydrogens (tertiary/aromatic N) is 2. The molecule has 4 rings (SSSR count). The molecule has 0 bridgehead atoms. The summed E-state index contributed by atoms with van der Waals surface area (Å²) in [4.78, 5) is 0. The molecule has 1 aromatic heterocycles. The molecule has 5 heteroatoms. The van der Waals surface area contributed by atoms with Crippen LogP contribution in [0.1, 0.15) is 11.1 Å². The fraction of sp³-hybridized carbons (Fsp3) is 0.0909. The Hall–Kier alpha value is -3.18. The van der Waals surface area contributed by atoms with Gasteiger partial charge in [-0.15, -0.1) is 0 Å². The summed E-state index contributed by atoms with van der Waals surface area (Å²) >= 11 is 5.41. The Morgan fingerprint density at radius 3 is 2.11 bits per heavy atom. The van der Waals surface area contributed by atoms with Crippen molar-refractivity contribution in [2.24, 2.45) is 0 Å². The first-order valence-electron chi connectivity index (χ1n) is 8.76. The first-order valence-corrected chi connectivity index (χ1v) is 9.17. The summed E-state index contributed by atoms with van der Waals surface area (Å²) in [5.74, 6) is 1.64. The van der Waals surface area contributed by atoms with Crippen molar-refractivity contribution in [3.8, 4) is 17.1 Å². The topological polar surface area (TPSA) is 42.8 Å². The van der Waals surface area contributed by atoms with Gasteiger partial charge in [-0.2, -0.15) is 5.10 Å². The zero-order valence-corrected chi connectivity index (χ0v) is 15.5. The molecule has 0 aliphatic rings. The largest absolute Gasteiger partial charge is 0.489 e. The first kappa shape index (κ1) is 17.2. The number of rotatable bonds is 6. The molecule has 0 fully saturated rings. The Balaban J connectivity index is 1.52. The van der Waals surface area contributed by atoms with E-state index in [9.17, 15) is 0 Å². The van der Waals surface area contributed by atoms with Gasteiger partial charge in [-0.25, -0.2) is 0 Å². The van der Waals surface area contributed by atoms with Crippen LogP contribution in [0.4, 0.5) is 0 Å². The number of hydrogen-bond acceptors (Lipinski definition) is 3. The zero-order chi connectivity index (χ0) is 18.5. The minimum absolute atomic E-state index is 0.549. The summed E-state index contributed by atoms with van der Waals surface area (Å²) in [5, 5.41) is 7.31. The van der Waals surface area contributed by atoms with Gasteiger partial charge in [0, 0.05) is 5.56 Å². The van der Waals surface area contributed by atoms with Gasteiger partial charge >= 0.3 is 0 Å². The Morgan fingerprint density at radius 2 is 1.44 bits per heavy atom. The van der Waals surface area contributed by atoms with E-state index < -0.39 is 0 Å². The van der Waals surface area contributed by atoms with Gasteiger partial charge in [0.2, 0.25) is 0 Å². The molecule has 134 valence electrons. The van der Waals surface area contributed by atoms with Gasteiger partial charge in [0.25, 0.3) is 0 Å². The van der Waals surface area contributed by atoms with Gasteiger partial charge in [0.15, 0.2) is 10.6 Å². The lowest BCUT2D eigenvalue weighted by atomic mass is 10.2. The fourth-order valence-corrected chi connectivity index (χ4v) is 3.09. The maximum Gasteiger partial charge on any atom is 0.195 e. The summed E-state index contributed by atoms with van der Waals surface area (Å²) in [7, 11) is 0. The minimum atomic E-state index is 0.549. The van der Waals surface area contributed by atoms with Crippen LogP contribution < -0.4 is 4.74 Å². The monoisotopic (exact) mass is 373 g/mol. The molecule has 1 heterocycles.